The maximum atomic E-state index is 13.3. The zero-order chi connectivity index (χ0) is 24.1. The Morgan fingerprint density at radius 1 is 1.12 bits per heavy atom. The van der Waals surface area contributed by atoms with E-state index < -0.39 is 14.6 Å². The van der Waals surface area contributed by atoms with Crippen molar-refractivity contribution in [2.24, 2.45) is 0 Å². The molecule has 0 radical (unpaired) electrons. The van der Waals surface area contributed by atoms with Gasteiger partial charge in [-0.1, -0.05) is 23.4 Å². The van der Waals surface area contributed by atoms with E-state index in [0.717, 1.165) is 5.56 Å². The lowest BCUT2D eigenvalue weighted by Crippen LogP contribution is -2.38. The number of hydrogen-bond donors (Lipinski definition) is 3. The maximum Gasteiger partial charge on any atom is 0.472 e. The standard InChI is InChI=1S/C22H20FN4O6P/c23-17-4-1-3-16(9-17)13-31-21-7-6-15(12-25-21)10-18-11-20(33-26-18)19-5-2-8-27(22(19)24)14-32-34(28,29)30/h1-9,11-12,24H,10,13-14H2,(H2,28,29,30)/p+1. The molecule has 0 saturated heterocycles. The van der Waals surface area contributed by atoms with Gasteiger partial charge in [-0.3, -0.25) is 5.73 Å². The molecule has 0 saturated carbocycles. The van der Waals surface area contributed by atoms with Gasteiger partial charge in [-0.2, -0.15) is 0 Å². The van der Waals surface area contributed by atoms with Gasteiger partial charge in [-0.25, -0.2) is 23.0 Å². The molecule has 0 amide bonds. The van der Waals surface area contributed by atoms with Gasteiger partial charge in [0.2, 0.25) is 12.6 Å². The Balaban J connectivity index is 1.40. The lowest BCUT2D eigenvalue weighted by molar-refractivity contribution is -0.711. The molecule has 12 heteroatoms. The number of anilines is 1. The number of nitrogen functional groups attached to an aromatic ring is 1. The Bertz CT molecular complexity index is 1330. The number of benzene rings is 1. The molecule has 4 rings (SSSR count). The Kier molecular flexibility index (Phi) is 6.99. The van der Waals surface area contributed by atoms with Crippen LogP contribution in [0.1, 0.15) is 16.8 Å². The monoisotopic (exact) mass is 487 g/mol. The molecule has 0 unspecified atom stereocenters. The van der Waals surface area contributed by atoms with Crippen molar-refractivity contribution >= 4 is 13.6 Å². The Morgan fingerprint density at radius 2 is 1.97 bits per heavy atom. The first-order valence-electron chi connectivity index (χ1n) is 10.0. The van der Waals surface area contributed by atoms with E-state index in [-0.39, 0.29) is 18.2 Å². The first-order valence-corrected chi connectivity index (χ1v) is 11.6. The van der Waals surface area contributed by atoms with E-state index in [1.54, 1.807) is 42.6 Å². The van der Waals surface area contributed by atoms with Crippen LogP contribution in [0.5, 0.6) is 5.88 Å². The third-order valence-electron chi connectivity index (χ3n) is 4.76. The van der Waals surface area contributed by atoms with Gasteiger partial charge >= 0.3 is 7.82 Å². The third-order valence-corrected chi connectivity index (χ3v) is 5.21. The topological polar surface area (TPSA) is 145 Å². The van der Waals surface area contributed by atoms with Crippen molar-refractivity contribution < 1.29 is 37.1 Å². The Hall–Kier alpha value is -3.63. The predicted octanol–water partition coefficient (Wildman–Crippen LogP) is 2.98. The number of halogens is 1. The normalized spacial score (nSPS) is 11.5. The fourth-order valence-electron chi connectivity index (χ4n) is 3.14. The first kappa shape index (κ1) is 23.5. The van der Waals surface area contributed by atoms with Crippen LogP contribution in [0.4, 0.5) is 10.2 Å². The van der Waals surface area contributed by atoms with Crippen molar-refractivity contribution in [2.45, 2.75) is 19.8 Å². The van der Waals surface area contributed by atoms with E-state index in [4.69, 9.17) is 24.8 Å². The SMILES string of the molecule is Nc1c(-c2cc(Cc3ccc(OCc4cccc(F)c4)nc3)no2)ccc[n+]1COP(=O)(O)O. The average Bonchev–Trinajstić information content (AvgIpc) is 3.25. The van der Waals surface area contributed by atoms with Gasteiger partial charge in [0.1, 0.15) is 18.0 Å². The molecule has 3 heterocycles. The molecule has 0 bridgehead atoms. The minimum Gasteiger partial charge on any atom is -0.473 e. The summed E-state index contributed by atoms with van der Waals surface area (Å²) in [4.78, 5) is 22.0. The molecular formula is C22H21FN4O6P+. The average molecular weight is 487 g/mol. The van der Waals surface area contributed by atoms with Gasteiger partial charge in [0.05, 0.1) is 11.9 Å². The minimum atomic E-state index is -4.64. The molecule has 4 N–H and O–H groups in total. The Morgan fingerprint density at radius 3 is 2.71 bits per heavy atom. The summed E-state index contributed by atoms with van der Waals surface area (Å²) in [7, 11) is -4.64. The fraction of sp³-hybridized carbons (Fsp3) is 0.136. The molecule has 34 heavy (non-hydrogen) atoms. The van der Waals surface area contributed by atoms with Crippen molar-refractivity contribution in [2.75, 3.05) is 5.73 Å². The van der Waals surface area contributed by atoms with Crippen molar-refractivity contribution in [3.8, 4) is 17.2 Å². The number of aromatic nitrogens is 3. The van der Waals surface area contributed by atoms with Crippen LogP contribution in [0.3, 0.4) is 0 Å². The summed E-state index contributed by atoms with van der Waals surface area (Å²) in [6.07, 6.45) is 3.61. The van der Waals surface area contributed by atoms with E-state index in [0.29, 0.717) is 34.9 Å². The maximum absolute atomic E-state index is 13.3. The van der Waals surface area contributed by atoms with Crippen LogP contribution in [0.15, 0.2) is 71.5 Å². The van der Waals surface area contributed by atoms with Gasteiger partial charge in [0.25, 0.3) is 5.82 Å². The summed E-state index contributed by atoms with van der Waals surface area (Å²) in [5, 5.41) is 4.06. The highest BCUT2D eigenvalue weighted by Gasteiger charge is 2.20. The van der Waals surface area contributed by atoms with Gasteiger partial charge in [-0.15, -0.1) is 0 Å². The van der Waals surface area contributed by atoms with Crippen LogP contribution in [-0.4, -0.2) is 19.9 Å². The molecule has 4 aromatic rings. The number of nitrogens with two attached hydrogens (primary N) is 1. The van der Waals surface area contributed by atoms with Crippen molar-refractivity contribution in [3.63, 3.8) is 0 Å². The molecule has 1 aromatic carbocycles. The van der Waals surface area contributed by atoms with Crippen LogP contribution in [0.25, 0.3) is 11.3 Å². The molecule has 3 aromatic heterocycles. The zero-order valence-corrected chi connectivity index (χ0v) is 18.6. The molecule has 0 atom stereocenters. The highest BCUT2D eigenvalue weighted by atomic mass is 31.2. The molecule has 0 fully saturated rings. The van der Waals surface area contributed by atoms with E-state index in [2.05, 4.69) is 14.7 Å². The summed E-state index contributed by atoms with van der Waals surface area (Å²) in [5.74, 6) is 0.673. The first-order chi connectivity index (χ1) is 16.3. The van der Waals surface area contributed by atoms with Gasteiger partial charge in [0.15, 0.2) is 5.76 Å². The summed E-state index contributed by atoms with van der Waals surface area (Å²) in [6.45, 7) is -0.224. The fourth-order valence-corrected chi connectivity index (χ4v) is 3.41. The van der Waals surface area contributed by atoms with Crippen LogP contribution in [0, 0.1) is 5.82 Å². The van der Waals surface area contributed by atoms with E-state index in [1.807, 2.05) is 6.07 Å². The summed E-state index contributed by atoms with van der Waals surface area (Å²) >= 11 is 0. The largest absolute Gasteiger partial charge is 0.473 e. The molecule has 0 spiro atoms. The Labute approximate surface area is 193 Å². The molecule has 10 nitrogen and oxygen atoms in total. The molecule has 0 aliphatic carbocycles. The van der Waals surface area contributed by atoms with Crippen molar-refractivity contribution in [1.82, 2.24) is 10.1 Å². The summed E-state index contributed by atoms with van der Waals surface area (Å²) in [6, 6.07) is 14.8. The zero-order valence-electron chi connectivity index (χ0n) is 17.7. The van der Waals surface area contributed by atoms with Gasteiger partial charge < -0.3 is 19.0 Å². The van der Waals surface area contributed by atoms with E-state index in [1.165, 1.54) is 22.9 Å². The summed E-state index contributed by atoms with van der Waals surface area (Å²) in [5.41, 5.74) is 8.80. The molecule has 0 aliphatic heterocycles. The van der Waals surface area contributed by atoms with Crippen LogP contribution < -0.4 is 15.0 Å². The number of hydrogen-bond acceptors (Lipinski definition) is 7. The van der Waals surface area contributed by atoms with Crippen LogP contribution in [-0.2, 0) is 28.8 Å². The van der Waals surface area contributed by atoms with Crippen LogP contribution >= 0.6 is 7.82 Å². The molecule has 0 aliphatic rings. The number of phosphoric acid groups is 1. The lowest BCUT2D eigenvalue weighted by atomic mass is 10.1. The second kappa shape index (κ2) is 10.1. The third kappa shape index (κ3) is 6.24. The summed E-state index contributed by atoms with van der Waals surface area (Å²) < 4.78 is 41.0. The predicted molar refractivity (Wildman–Crippen MR) is 117 cm³/mol. The van der Waals surface area contributed by atoms with Crippen molar-refractivity contribution in [3.05, 3.63) is 89.6 Å². The minimum absolute atomic E-state index is 0.195. The number of ether oxygens (including phenoxy) is 1. The highest BCUT2D eigenvalue weighted by molar-refractivity contribution is 7.46. The number of pyridine rings is 2. The highest BCUT2D eigenvalue weighted by Crippen LogP contribution is 2.35. The molecular weight excluding hydrogens is 466 g/mol. The second-order valence-electron chi connectivity index (χ2n) is 7.31. The van der Waals surface area contributed by atoms with Crippen LogP contribution in [0.2, 0.25) is 0 Å². The van der Waals surface area contributed by atoms with E-state index >= 15 is 0 Å². The number of rotatable bonds is 9. The van der Waals surface area contributed by atoms with Crippen molar-refractivity contribution in [1.29, 1.82) is 0 Å². The molecule has 176 valence electrons. The lowest BCUT2D eigenvalue weighted by Gasteiger charge is -2.07. The number of nitrogens with zero attached hydrogens (tertiary/aromatic N) is 3. The number of phosphoric ester groups is 1. The second-order valence-corrected chi connectivity index (χ2v) is 8.55. The quantitative estimate of drug-likeness (QED) is 0.240. The smallest absolute Gasteiger partial charge is 0.472 e. The van der Waals surface area contributed by atoms with E-state index in [9.17, 15) is 8.96 Å². The van der Waals surface area contributed by atoms with Gasteiger partial charge in [-0.05, 0) is 35.4 Å². The van der Waals surface area contributed by atoms with Gasteiger partial charge in [0, 0.05) is 24.8 Å².